The van der Waals surface area contributed by atoms with Crippen molar-refractivity contribution in [3.63, 3.8) is 0 Å². The highest BCUT2D eigenvalue weighted by atomic mass is 79.9. The molecule has 0 fully saturated rings. The van der Waals surface area contributed by atoms with Crippen LogP contribution in [0, 0.1) is 11.6 Å². The van der Waals surface area contributed by atoms with Crippen molar-refractivity contribution < 1.29 is 22.0 Å². The standard InChI is InChI=1S/C12H8BrF5N2S/c1-19-4-7-10(12(16,17)18)20-11(21-7)5-2-3-6(14)9(15)8(5)13/h2-3,19H,4H2,1H3. The minimum Gasteiger partial charge on any atom is -0.315 e. The number of rotatable bonds is 3. The van der Waals surface area contributed by atoms with E-state index in [0.29, 0.717) is 0 Å². The third-order valence-electron chi connectivity index (χ3n) is 2.57. The first-order valence-corrected chi connectivity index (χ1v) is 7.22. The molecular formula is C12H8BrF5N2S. The maximum Gasteiger partial charge on any atom is 0.434 e. The smallest absolute Gasteiger partial charge is 0.315 e. The molecule has 0 aliphatic heterocycles. The van der Waals surface area contributed by atoms with Crippen molar-refractivity contribution in [3.8, 4) is 10.6 Å². The quantitative estimate of drug-likeness (QED) is 0.616. The second-order valence-electron chi connectivity index (χ2n) is 4.04. The summed E-state index contributed by atoms with van der Waals surface area (Å²) >= 11 is 3.63. The SMILES string of the molecule is CNCc1sc(-c2ccc(F)c(F)c2Br)nc1C(F)(F)F. The fourth-order valence-corrected chi connectivity index (χ4v) is 3.43. The Kier molecular flexibility index (Phi) is 4.64. The van der Waals surface area contributed by atoms with E-state index < -0.39 is 23.5 Å². The maximum absolute atomic E-state index is 13.5. The zero-order valence-electron chi connectivity index (χ0n) is 10.5. The highest BCUT2D eigenvalue weighted by Gasteiger charge is 2.37. The first kappa shape index (κ1) is 16.3. The fourth-order valence-electron chi connectivity index (χ4n) is 1.66. The summed E-state index contributed by atoms with van der Waals surface area (Å²) in [4.78, 5) is 3.52. The number of halogens is 6. The summed E-state index contributed by atoms with van der Waals surface area (Å²) in [6.07, 6.45) is -4.61. The van der Waals surface area contributed by atoms with Crippen LogP contribution in [0.5, 0.6) is 0 Å². The van der Waals surface area contributed by atoms with Crippen molar-refractivity contribution in [2.24, 2.45) is 0 Å². The van der Waals surface area contributed by atoms with Crippen molar-refractivity contribution in [2.75, 3.05) is 7.05 Å². The molecule has 1 heterocycles. The van der Waals surface area contributed by atoms with E-state index in [4.69, 9.17) is 0 Å². The summed E-state index contributed by atoms with van der Waals surface area (Å²) in [5, 5.41) is 2.59. The zero-order valence-corrected chi connectivity index (χ0v) is 12.9. The van der Waals surface area contributed by atoms with Crippen LogP contribution in [0.4, 0.5) is 22.0 Å². The summed E-state index contributed by atoms with van der Waals surface area (Å²) < 4.78 is 65.0. The minimum atomic E-state index is -4.61. The molecule has 0 aliphatic rings. The second-order valence-corrected chi connectivity index (χ2v) is 5.92. The molecule has 1 aromatic heterocycles. The van der Waals surface area contributed by atoms with Crippen molar-refractivity contribution in [2.45, 2.75) is 12.7 Å². The highest BCUT2D eigenvalue weighted by molar-refractivity contribution is 9.10. The molecule has 2 rings (SSSR count). The van der Waals surface area contributed by atoms with Crippen LogP contribution in [0.15, 0.2) is 16.6 Å². The lowest BCUT2D eigenvalue weighted by Crippen LogP contribution is -2.12. The van der Waals surface area contributed by atoms with E-state index >= 15 is 0 Å². The van der Waals surface area contributed by atoms with Crippen molar-refractivity contribution in [1.29, 1.82) is 0 Å². The van der Waals surface area contributed by atoms with Gasteiger partial charge in [0.25, 0.3) is 0 Å². The molecule has 1 N–H and O–H groups in total. The second kappa shape index (κ2) is 5.98. The molecule has 0 amide bonds. The van der Waals surface area contributed by atoms with E-state index in [-0.39, 0.29) is 26.5 Å². The van der Waals surface area contributed by atoms with Crippen molar-refractivity contribution in [3.05, 3.63) is 38.8 Å². The molecule has 0 saturated carbocycles. The van der Waals surface area contributed by atoms with Gasteiger partial charge in [-0.05, 0) is 35.1 Å². The lowest BCUT2D eigenvalue weighted by Gasteiger charge is -2.05. The number of aromatic nitrogens is 1. The van der Waals surface area contributed by atoms with Crippen molar-refractivity contribution in [1.82, 2.24) is 10.3 Å². The van der Waals surface area contributed by atoms with Crippen LogP contribution in [-0.2, 0) is 12.7 Å². The Bertz CT molecular complexity index is 668. The monoisotopic (exact) mass is 386 g/mol. The van der Waals surface area contributed by atoms with Gasteiger partial charge in [0.05, 0.1) is 9.35 Å². The predicted molar refractivity (Wildman–Crippen MR) is 72.9 cm³/mol. The topological polar surface area (TPSA) is 24.9 Å². The Morgan fingerprint density at radius 3 is 2.52 bits per heavy atom. The third kappa shape index (κ3) is 3.24. The molecule has 0 atom stereocenters. The molecule has 9 heteroatoms. The fraction of sp³-hybridized carbons (Fsp3) is 0.250. The number of nitrogens with one attached hydrogen (secondary N) is 1. The third-order valence-corrected chi connectivity index (χ3v) is 4.43. The number of hydrogen-bond donors (Lipinski definition) is 1. The Morgan fingerprint density at radius 1 is 1.29 bits per heavy atom. The molecule has 0 spiro atoms. The first-order chi connectivity index (χ1) is 9.75. The number of thiazole rings is 1. The Labute approximate surface area is 129 Å². The summed E-state index contributed by atoms with van der Waals surface area (Å²) in [6.45, 7) is -0.0200. The summed E-state index contributed by atoms with van der Waals surface area (Å²) in [7, 11) is 1.51. The number of hydrogen-bond acceptors (Lipinski definition) is 3. The maximum atomic E-state index is 13.5. The molecule has 2 nitrogen and oxygen atoms in total. The molecule has 0 unspecified atom stereocenters. The van der Waals surface area contributed by atoms with Gasteiger partial charge >= 0.3 is 6.18 Å². The predicted octanol–water partition coefficient (Wildman–Crippen LogP) is 4.59. The van der Waals surface area contributed by atoms with Crippen LogP contribution >= 0.6 is 27.3 Å². The van der Waals surface area contributed by atoms with Crippen LogP contribution in [-0.4, -0.2) is 12.0 Å². The van der Waals surface area contributed by atoms with E-state index in [2.05, 4.69) is 26.2 Å². The summed E-state index contributed by atoms with van der Waals surface area (Å²) in [5.41, 5.74) is -0.944. The summed E-state index contributed by atoms with van der Waals surface area (Å²) in [5.74, 6) is -2.25. The lowest BCUT2D eigenvalue weighted by molar-refractivity contribution is -0.141. The van der Waals surface area contributed by atoms with Gasteiger partial charge in [-0.1, -0.05) is 0 Å². The first-order valence-electron chi connectivity index (χ1n) is 5.61. The average Bonchev–Trinajstić information content (AvgIpc) is 2.80. The van der Waals surface area contributed by atoms with Crippen molar-refractivity contribution >= 4 is 27.3 Å². The van der Waals surface area contributed by atoms with Gasteiger partial charge in [-0.3, -0.25) is 0 Å². The number of alkyl halides is 3. The number of nitrogens with zero attached hydrogens (tertiary/aromatic N) is 1. The van der Waals surface area contributed by atoms with Crippen LogP contribution in [0.2, 0.25) is 0 Å². The van der Waals surface area contributed by atoms with Gasteiger partial charge < -0.3 is 5.32 Å². The lowest BCUT2D eigenvalue weighted by atomic mass is 10.2. The van der Waals surface area contributed by atoms with E-state index in [9.17, 15) is 22.0 Å². The van der Waals surface area contributed by atoms with Gasteiger partial charge in [0.1, 0.15) is 5.01 Å². The van der Waals surface area contributed by atoms with Crippen LogP contribution in [0.3, 0.4) is 0 Å². The zero-order chi connectivity index (χ0) is 15.8. The Balaban J connectivity index is 2.58. The minimum absolute atomic E-state index is 0.0170. The molecular weight excluding hydrogens is 379 g/mol. The molecule has 1 aromatic carbocycles. The molecule has 0 bridgehead atoms. The molecule has 0 aliphatic carbocycles. The molecule has 0 saturated heterocycles. The van der Waals surface area contributed by atoms with Gasteiger partial charge in [0.15, 0.2) is 17.3 Å². The Hall–Kier alpha value is -1.06. The molecule has 2 aromatic rings. The largest absolute Gasteiger partial charge is 0.434 e. The van der Waals surface area contributed by atoms with Crippen LogP contribution < -0.4 is 5.32 Å². The van der Waals surface area contributed by atoms with Crippen LogP contribution in [0.1, 0.15) is 10.6 Å². The molecule has 21 heavy (non-hydrogen) atoms. The van der Waals surface area contributed by atoms with E-state index in [0.717, 1.165) is 17.4 Å². The van der Waals surface area contributed by atoms with E-state index in [1.54, 1.807) is 0 Å². The van der Waals surface area contributed by atoms with Gasteiger partial charge in [-0.15, -0.1) is 11.3 Å². The highest BCUT2D eigenvalue weighted by Crippen LogP contribution is 2.40. The average molecular weight is 387 g/mol. The van der Waals surface area contributed by atoms with Gasteiger partial charge in [0, 0.05) is 12.1 Å². The van der Waals surface area contributed by atoms with E-state index in [1.165, 1.54) is 13.1 Å². The van der Waals surface area contributed by atoms with Gasteiger partial charge in [-0.2, -0.15) is 13.2 Å². The summed E-state index contributed by atoms with van der Waals surface area (Å²) in [6, 6.07) is 2.03. The molecule has 0 radical (unpaired) electrons. The van der Waals surface area contributed by atoms with Gasteiger partial charge in [0.2, 0.25) is 0 Å². The molecule has 114 valence electrons. The van der Waals surface area contributed by atoms with Gasteiger partial charge in [-0.25, -0.2) is 13.8 Å². The number of benzene rings is 1. The normalized spacial score (nSPS) is 12.0. The van der Waals surface area contributed by atoms with Crippen LogP contribution in [0.25, 0.3) is 10.6 Å². The Morgan fingerprint density at radius 2 is 1.95 bits per heavy atom. The van der Waals surface area contributed by atoms with E-state index in [1.807, 2.05) is 0 Å².